The standard InChI is InChI=1S/C21H21NO5/c1-3-26-20-14-15(5-11-19(20)25-2)4-10-18(23)16-6-8-17(9-7-16)22-12-13-27-21(22)24/h4-11,14H,3,12-13H2,1-2H3/b10-4+. The van der Waals surface area contributed by atoms with E-state index < -0.39 is 0 Å². The predicted molar refractivity (Wildman–Crippen MR) is 103 cm³/mol. The summed E-state index contributed by atoms with van der Waals surface area (Å²) in [5.41, 5.74) is 2.10. The summed E-state index contributed by atoms with van der Waals surface area (Å²) in [5, 5.41) is 0. The molecule has 140 valence electrons. The topological polar surface area (TPSA) is 65.1 Å². The average molecular weight is 367 g/mol. The number of methoxy groups -OCH3 is 1. The van der Waals surface area contributed by atoms with Gasteiger partial charge in [0, 0.05) is 11.3 Å². The van der Waals surface area contributed by atoms with Crippen LogP contribution in [0.25, 0.3) is 6.08 Å². The Morgan fingerprint density at radius 3 is 2.59 bits per heavy atom. The van der Waals surface area contributed by atoms with Gasteiger partial charge in [-0.2, -0.15) is 0 Å². The van der Waals surface area contributed by atoms with E-state index >= 15 is 0 Å². The van der Waals surface area contributed by atoms with Gasteiger partial charge in [0.15, 0.2) is 17.3 Å². The normalized spacial score (nSPS) is 13.7. The quantitative estimate of drug-likeness (QED) is 0.548. The number of ether oxygens (including phenoxy) is 3. The van der Waals surface area contributed by atoms with E-state index in [9.17, 15) is 9.59 Å². The highest BCUT2D eigenvalue weighted by molar-refractivity contribution is 6.07. The molecule has 0 aliphatic carbocycles. The molecule has 1 amide bonds. The number of anilines is 1. The molecule has 0 spiro atoms. The number of rotatable bonds is 7. The fourth-order valence-corrected chi connectivity index (χ4v) is 2.77. The van der Waals surface area contributed by atoms with E-state index in [0.717, 1.165) is 11.3 Å². The smallest absolute Gasteiger partial charge is 0.414 e. The van der Waals surface area contributed by atoms with Crippen molar-refractivity contribution in [3.05, 3.63) is 59.7 Å². The highest BCUT2D eigenvalue weighted by atomic mass is 16.6. The Morgan fingerprint density at radius 2 is 1.96 bits per heavy atom. The summed E-state index contributed by atoms with van der Waals surface area (Å²) >= 11 is 0. The summed E-state index contributed by atoms with van der Waals surface area (Å²) in [5.74, 6) is 1.16. The van der Waals surface area contributed by atoms with Crippen LogP contribution in [0.3, 0.4) is 0 Å². The molecule has 6 nitrogen and oxygen atoms in total. The first kappa shape index (κ1) is 18.5. The van der Waals surface area contributed by atoms with Gasteiger partial charge in [-0.3, -0.25) is 9.69 Å². The molecule has 1 saturated heterocycles. The Morgan fingerprint density at radius 1 is 1.19 bits per heavy atom. The number of ketones is 1. The van der Waals surface area contributed by atoms with Crippen molar-refractivity contribution < 1.29 is 23.8 Å². The average Bonchev–Trinajstić information content (AvgIpc) is 3.12. The molecular formula is C21H21NO5. The van der Waals surface area contributed by atoms with Gasteiger partial charge in [0.25, 0.3) is 0 Å². The summed E-state index contributed by atoms with van der Waals surface area (Å²) in [7, 11) is 1.59. The largest absolute Gasteiger partial charge is 0.493 e. The Bertz CT molecular complexity index is 857. The van der Waals surface area contributed by atoms with E-state index in [1.165, 1.54) is 11.0 Å². The van der Waals surface area contributed by atoms with Gasteiger partial charge in [0.2, 0.25) is 0 Å². The lowest BCUT2D eigenvalue weighted by Gasteiger charge is -2.12. The van der Waals surface area contributed by atoms with Crippen LogP contribution < -0.4 is 14.4 Å². The summed E-state index contributed by atoms with van der Waals surface area (Å²) in [6, 6.07) is 12.4. The van der Waals surface area contributed by atoms with Gasteiger partial charge in [0.1, 0.15) is 6.61 Å². The summed E-state index contributed by atoms with van der Waals surface area (Å²) < 4.78 is 15.7. The van der Waals surface area contributed by atoms with Crippen LogP contribution in [-0.4, -0.2) is 38.7 Å². The Balaban J connectivity index is 1.71. The number of nitrogens with zero attached hydrogens (tertiary/aromatic N) is 1. The van der Waals surface area contributed by atoms with Crippen LogP contribution in [0.4, 0.5) is 10.5 Å². The van der Waals surface area contributed by atoms with Crippen molar-refractivity contribution in [1.82, 2.24) is 0 Å². The number of amides is 1. The molecule has 6 heteroatoms. The van der Waals surface area contributed by atoms with Crippen LogP contribution in [0.5, 0.6) is 11.5 Å². The van der Waals surface area contributed by atoms with Crippen LogP contribution in [0.2, 0.25) is 0 Å². The second kappa shape index (κ2) is 8.40. The molecule has 1 aliphatic rings. The predicted octanol–water partition coefficient (Wildman–Crippen LogP) is 3.95. The SMILES string of the molecule is CCOc1cc(/C=C/C(=O)c2ccc(N3CCOC3=O)cc2)ccc1OC. The van der Waals surface area contributed by atoms with Crippen LogP contribution in [0.1, 0.15) is 22.8 Å². The molecular weight excluding hydrogens is 346 g/mol. The van der Waals surface area contributed by atoms with Crippen LogP contribution in [0, 0.1) is 0 Å². The first-order valence-corrected chi connectivity index (χ1v) is 8.70. The van der Waals surface area contributed by atoms with E-state index in [2.05, 4.69) is 0 Å². The van der Waals surface area contributed by atoms with Gasteiger partial charge in [-0.1, -0.05) is 12.1 Å². The second-order valence-electron chi connectivity index (χ2n) is 5.85. The molecule has 0 N–H and O–H groups in total. The molecule has 0 saturated carbocycles. The number of carbonyl (C=O) groups is 2. The molecule has 0 radical (unpaired) electrons. The number of carbonyl (C=O) groups excluding carboxylic acids is 2. The maximum Gasteiger partial charge on any atom is 0.414 e. The zero-order valence-electron chi connectivity index (χ0n) is 15.3. The lowest BCUT2D eigenvalue weighted by molar-refractivity contribution is 0.104. The molecule has 0 bridgehead atoms. The molecule has 0 atom stereocenters. The van der Waals surface area contributed by atoms with Crippen molar-refractivity contribution in [2.45, 2.75) is 6.92 Å². The van der Waals surface area contributed by atoms with Crippen molar-refractivity contribution in [2.75, 3.05) is 31.8 Å². The molecule has 1 fully saturated rings. The number of cyclic esters (lactones) is 1. The molecule has 3 rings (SSSR count). The van der Waals surface area contributed by atoms with Gasteiger partial charge in [-0.15, -0.1) is 0 Å². The first-order chi connectivity index (χ1) is 13.1. The summed E-state index contributed by atoms with van der Waals surface area (Å²) in [6.07, 6.45) is 2.88. The van der Waals surface area contributed by atoms with Crippen LogP contribution >= 0.6 is 0 Å². The maximum atomic E-state index is 12.4. The Kier molecular flexibility index (Phi) is 5.76. The molecule has 1 aliphatic heterocycles. The third kappa shape index (κ3) is 4.28. The Labute approximate surface area is 158 Å². The number of benzene rings is 2. The molecule has 2 aromatic rings. The fraction of sp³-hybridized carbons (Fsp3) is 0.238. The molecule has 0 unspecified atom stereocenters. The first-order valence-electron chi connectivity index (χ1n) is 8.70. The number of allylic oxidation sites excluding steroid dienone is 1. The fourth-order valence-electron chi connectivity index (χ4n) is 2.77. The monoisotopic (exact) mass is 367 g/mol. The summed E-state index contributed by atoms with van der Waals surface area (Å²) in [4.78, 5) is 25.5. The van der Waals surface area contributed by atoms with Gasteiger partial charge >= 0.3 is 6.09 Å². The van der Waals surface area contributed by atoms with Crippen molar-refractivity contribution in [1.29, 1.82) is 0 Å². The highest BCUT2D eigenvalue weighted by Crippen LogP contribution is 2.28. The zero-order valence-corrected chi connectivity index (χ0v) is 15.3. The summed E-state index contributed by atoms with van der Waals surface area (Å²) in [6.45, 7) is 3.33. The minimum atomic E-state index is -0.362. The van der Waals surface area contributed by atoms with E-state index in [-0.39, 0.29) is 11.9 Å². The number of hydrogen-bond acceptors (Lipinski definition) is 5. The van der Waals surface area contributed by atoms with Crippen molar-refractivity contribution >= 4 is 23.6 Å². The van der Waals surface area contributed by atoms with Gasteiger partial charge in [0.05, 0.1) is 20.3 Å². The van der Waals surface area contributed by atoms with Crippen molar-refractivity contribution in [2.24, 2.45) is 0 Å². The van der Waals surface area contributed by atoms with Gasteiger partial charge in [-0.25, -0.2) is 4.79 Å². The van der Waals surface area contributed by atoms with Crippen molar-refractivity contribution in [3.8, 4) is 11.5 Å². The molecule has 2 aromatic carbocycles. The highest BCUT2D eigenvalue weighted by Gasteiger charge is 2.23. The van der Waals surface area contributed by atoms with Gasteiger partial charge in [-0.05, 0) is 55.0 Å². The van der Waals surface area contributed by atoms with E-state index in [0.29, 0.717) is 36.8 Å². The third-order valence-corrected chi connectivity index (χ3v) is 4.14. The van der Waals surface area contributed by atoms with Crippen molar-refractivity contribution in [3.63, 3.8) is 0 Å². The molecule has 0 aromatic heterocycles. The van der Waals surface area contributed by atoms with Crippen LogP contribution in [0.15, 0.2) is 48.5 Å². The second-order valence-corrected chi connectivity index (χ2v) is 5.85. The molecule has 1 heterocycles. The van der Waals surface area contributed by atoms with E-state index in [4.69, 9.17) is 14.2 Å². The van der Waals surface area contributed by atoms with E-state index in [1.807, 2.05) is 19.1 Å². The van der Waals surface area contributed by atoms with Crippen LogP contribution in [-0.2, 0) is 4.74 Å². The molecule has 27 heavy (non-hydrogen) atoms. The lowest BCUT2D eigenvalue weighted by atomic mass is 10.1. The van der Waals surface area contributed by atoms with Gasteiger partial charge < -0.3 is 14.2 Å². The number of hydrogen-bond donors (Lipinski definition) is 0. The van der Waals surface area contributed by atoms with E-state index in [1.54, 1.807) is 43.5 Å². The third-order valence-electron chi connectivity index (χ3n) is 4.14. The minimum absolute atomic E-state index is 0.126. The Hall–Kier alpha value is -3.28. The minimum Gasteiger partial charge on any atom is -0.493 e. The zero-order chi connectivity index (χ0) is 19.2. The lowest BCUT2D eigenvalue weighted by Crippen LogP contribution is -2.23. The maximum absolute atomic E-state index is 12.4.